The number of fused-ring (bicyclic) bond motifs is 1. The fraction of sp³-hybridized carbons (Fsp3) is 0. The summed E-state index contributed by atoms with van der Waals surface area (Å²) in [4.78, 5) is 14.6. The van der Waals surface area contributed by atoms with Crippen LogP contribution in [0.15, 0.2) is 18.3 Å². The Hall–Kier alpha value is -1.88. The molecule has 82 valence electrons. The molecule has 0 aliphatic heterocycles. The quantitative estimate of drug-likeness (QED) is 0.804. The van der Waals surface area contributed by atoms with E-state index in [1.54, 1.807) is 0 Å². The molecule has 0 unspecified atom stereocenters. The summed E-state index contributed by atoms with van der Waals surface area (Å²) < 4.78 is 13.1. The van der Waals surface area contributed by atoms with E-state index in [4.69, 9.17) is 16.7 Å². The van der Waals surface area contributed by atoms with Gasteiger partial charge in [0.15, 0.2) is 0 Å². The van der Waals surface area contributed by atoms with Gasteiger partial charge in [0.1, 0.15) is 17.1 Å². The largest absolute Gasteiger partial charge is 0.505 e. The van der Waals surface area contributed by atoms with Crippen molar-refractivity contribution < 1.29 is 19.4 Å². The van der Waals surface area contributed by atoms with E-state index in [0.717, 1.165) is 18.3 Å². The topological polar surface area (TPSA) is 70.4 Å². The number of carboxylic acid groups (broad SMARTS) is 1. The lowest BCUT2D eigenvalue weighted by atomic mass is 10.1. The van der Waals surface area contributed by atoms with Gasteiger partial charge >= 0.3 is 5.97 Å². The van der Waals surface area contributed by atoms with Gasteiger partial charge in [-0.25, -0.2) is 9.18 Å². The molecule has 0 aliphatic rings. The van der Waals surface area contributed by atoms with Gasteiger partial charge in [0.2, 0.25) is 0 Å². The van der Waals surface area contributed by atoms with Gasteiger partial charge in [-0.05, 0) is 6.07 Å². The molecule has 0 bridgehead atoms. The first-order valence-corrected chi connectivity index (χ1v) is 4.58. The van der Waals surface area contributed by atoms with Crippen LogP contribution in [0.1, 0.15) is 10.4 Å². The minimum atomic E-state index is -1.33. The van der Waals surface area contributed by atoms with E-state index in [9.17, 15) is 14.3 Å². The van der Waals surface area contributed by atoms with Gasteiger partial charge in [0.05, 0.1) is 16.7 Å². The molecule has 1 aromatic heterocycles. The molecule has 0 amide bonds. The van der Waals surface area contributed by atoms with Crippen molar-refractivity contribution in [3.63, 3.8) is 0 Å². The van der Waals surface area contributed by atoms with Crippen molar-refractivity contribution in [2.24, 2.45) is 0 Å². The average molecular weight is 242 g/mol. The second-order valence-electron chi connectivity index (χ2n) is 3.11. The Morgan fingerprint density at radius 1 is 1.44 bits per heavy atom. The van der Waals surface area contributed by atoms with Gasteiger partial charge < -0.3 is 10.2 Å². The van der Waals surface area contributed by atoms with E-state index in [1.807, 2.05) is 0 Å². The highest BCUT2D eigenvalue weighted by atomic mass is 35.5. The van der Waals surface area contributed by atoms with Crippen LogP contribution in [-0.4, -0.2) is 21.2 Å². The Kier molecular flexibility index (Phi) is 2.40. The summed E-state index contributed by atoms with van der Waals surface area (Å²) >= 11 is 5.54. The van der Waals surface area contributed by atoms with E-state index >= 15 is 0 Å². The zero-order valence-corrected chi connectivity index (χ0v) is 8.49. The number of halogens is 2. The number of nitrogens with zero attached hydrogens (tertiary/aromatic N) is 1. The molecule has 0 radical (unpaired) electrons. The fourth-order valence-electron chi connectivity index (χ4n) is 1.40. The molecule has 1 heterocycles. The van der Waals surface area contributed by atoms with Crippen LogP contribution in [0.2, 0.25) is 5.02 Å². The molecule has 0 fully saturated rings. The molecule has 0 saturated carbocycles. The van der Waals surface area contributed by atoms with Crippen molar-refractivity contribution >= 4 is 28.5 Å². The predicted molar refractivity (Wildman–Crippen MR) is 55.3 cm³/mol. The predicted octanol–water partition coefficient (Wildman–Crippen LogP) is 2.43. The summed E-state index contributed by atoms with van der Waals surface area (Å²) in [6, 6.07) is 2.14. The van der Waals surface area contributed by atoms with Crippen LogP contribution in [0.3, 0.4) is 0 Å². The number of carboxylic acids is 1. The second-order valence-corrected chi connectivity index (χ2v) is 3.51. The Labute approximate surface area is 93.9 Å². The molecule has 0 spiro atoms. The Balaban J connectivity index is 2.92. The summed E-state index contributed by atoms with van der Waals surface area (Å²) in [5, 5.41) is 18.1. The summed E-state index contributed by atoms with van der Waals surface area (Å²) in [5.41, 5.74) is -0.219. The van der Waals surface area contributed by atoms with Crippen molar-refractivity contribution in [1.29, 1.82) is 0 Å². The molecule has 0 atom stereocenters. The highest BCUT2D eigenvalue weighted by Crippen LogP contribution is 2.29. The second kappa shape index (κ2) is 3.61. The summed E-state index contributed by atoms with van der Waals surface area (Å²) in [5.74, 6) is -2.50. The first-order valence-electron chi connectivity index (χ1n) is 4.20. The minimum absolute atomic E-state index is 0.0962. The summed E-state index contributed by atoms with van der Waals surface area (Å²) in [6.07, 6.45) is 0.957. The van der Waals surface area contributed by atoms with E-state index in [-0.39, 0.29) is 21.5 Å². The monoisotopic (exact) mass is 241 g/mol. The van der Waals surface area contributed by atoms with Crippen molar-refractivity contribution in [2.75, 3.05) is 0 Å². The summed E-state index contributed by atoms with van der Waals surface area (Å²) in [6.45, 7) is 0. The third-order valence-corrected chi connectivity index (χ3v) is 2.39. The third-order valence-electron chi connectivity index (χ3n) is 2.10. The number of hydrogen-bond acceptors (Lipinski definition) is 3. The van der Waals surface area contributed by atoms with Crippen molar-refractivity contribution in [3.8, 4) is 5.75 Å². The average Bonchev–Trinajstić information content (AvgIpc) is 2.20. The van der Waals surface area contributed by atoms with E-state index in [0.29, 0.717) is 0 Å². The smallest absolute Gasteiger partial charge is 0.340 e. The fourth-order valence-corrected chi connectivity index (χ4v) is 1.57. The lowest BCUT2D eigenvalue weighted by Crippen LogP contribution is -1.99. The van der Waals surface area contributed by atoms with Gasteiger partial charge in [0.25, 0.3) is 0 Å². The lowest BCUT2D eigenvalue weighted by Gasteiger charge is -2.05. The van der Waals surface area contributed by atoms with Crippen LogP contribution in [0.25, 0.3) is 10.9 Å². The molecular weight excluding hydrogens is 237 g/mol. The zero-order valence-electron chi connectivity index (χ0n) is 7.74. The lowest BCUT2D eigenvalue weighted by molar-refractivity contribution is 0.0696. The molecule has 16 heavy (non-hydrogen) atoms. The molecule has 0 aliphatic carbocycles. The van der Waals surface area contributed by atoms with Gasteiger partial charge in [-0.15, -0.1) is 0 Å². The molecular formula is C10H5ClFNO3. The van der Waals surface area contributed by atoms with Crippen LogP contribution < -0.4 is 0 Å². The number of aromatic hydroxyl groups is 1. The normalized spacial score (nSPS) is 10.6. The highest BCUT2D eigenvalue weighted by molar-refractivity contribution is 6.31. The van der Waals surface area contributed by atoms with Gasteiger partial charge in [-0.2, -0.15) is 0 Å². The van der Waals surface area contributed by atoms with Crippen LogP contribution in [0, 0.1) is 5.82 Å². The number of pyridine rings is 1. The molecule has 1 aromatic carbocycles. The van der Waals surface area contributed by atoms with Crippen molar-refractivity contribution in [3.05, 3.63) is 34.7 Å². The summed E-state index contributed by atoms with van der Waals surface area (Å²) in [7, 11) is 0. The number of benzene rings is 1. The standard InChI is InChI=1S/C10H5ClFNO3/c11-5-1-4-7(2-6(5)12)13-3-8(14)9(4)10(15)16/h1-3,14H,(H,15,16). The van der Waals surface area contributed by atoms with Crippen LogP contribution in [-0.2, 0) is 0 Å². The van der Waals surface area contributed by atoms with E-state index in [2.05, 4.69) is 4.98 Å². The van der Waals surface area contributed by atoms with Gasteiger partial charge in [0, 0.05) is 11.5 Å². The highest BCUT2D eigenvalue weighted by Gasteiger charge is 2.16. The van der Waals surface area contributed by atoms with Gasteiger partial charge in [-0.3, -0.25) is 4.98 Å². The Morgan fingerprint density at radius 3 is 2.75 bits per heavy atom. The first-order chi connectivity index (χ1) is 7.50. The molecule has 4 nitrogen and oxygen atoms in total. The van der Waals surface area contributed by atoms with E-state index < -0.39 is 17.5 Å². The van der Waals surface area contributed by atoms with Gasteiger partial charge in [-0.1, -0.05) is 11.6 Å². The van der Waals surface area contributed by atoms with Crippen molar-refractivity contribution in [2.45, 2.75) is 0 Å². The maximum Gasteiger partial charge on any atom is 0.340 e. The molecule has 2 rings (SSSR count). The molecule has 6 heteroatoms. The number of aromatic carboxylic acids is 1. The number of hydrogen-bond donors (Lipinski definition) is 2. The first kappa shape index (κ1) is 10.6. The SMILES string of the molecule is O=C(O)c1c(O)cnc2cc(F)c(Cl)cc12. The Bertz CT molecular complexity index is 600. The van der Waals surface area contributed by atoms with Crippen LogP contribution in [0.5, 0.6) is 5.75 Å². The maximum atomic E-state index is 13.1. The number of rotatable bonds is 1. The maximum absolute atomic E-state index is 13.1. The number of carbonyl (C=O) groups is 1. The van der Waals surface area contributed by atoms with E-state index in [1.165, 1.54) is 0 Å². The molecule has 0 saturated heterocycles. The molecule has 2 N–H and O–H groups in total. The van der Waals surface area contributed by atoms with Crippen LogP contribution >= 0.6 is 11.6 Å². The minimum Gasteiger partial charge on any atom is -0.505 e. The van der Waals surface area contributed by atoms with Crippen molar-refractivity contribution in [1.82, 2.24) is 4.98 Å². The number of aromatic nitrogens is 1. The zero-order chi connectivity index (χ0) is 11.9. The Morgan fingerprint density at radius 2 is 2.12 bits per heavy atom. The third kappa shape index (κ3) is 1.55. The molecule has 2 aromatic rings. The van der Waals surface area contributed by atoms with Crippen LogP contribution in [0.4, 0.5) is 4.39 Å².